The number of methoxy groups -OCH3 is 1. The van der Waals surface area contributed by atoms with Crippen LogP contribution in [0.2, 0.25) is 0 Å². The Labute approximate surface area is 148 Å². The van der Waals surface area contributed by atoms with Crippen LogP contribution in [0.25, 0.3) is 0 Å². The Bertz CT molecular complexity index is 672. The van der Waals surface area contributed by atoms with Crippen LogP contribution in [0, 0.1) is 0 Å². The molecule has 2 rings (SSSR count). The van der Waals surface area contributed by atoms with E-state index in [1.165, 1.54) is 0 Å². The number of ether oxygens (including phenoxy) is 2. The van der Waals surface area contributed by atoms with E-state index in [-0.39, 0.29) is 25.2 Å². The van der Waals surface area contributed by atoms with Crippen LogP contribution in [0.5, 0.6) is 5.75 Å². The number of esters is 1. The minimum Gasteiger partial charge on any atom is -0.496 e. The number of benzene rings is 1. The highest BCUT2D eigenvalue weighted by molar-refractivity contribution is 5.93. The van der Waals surface area contributed by atoms with Gasteiger partial charge in [0.2, 0.25) is 0 Å². The Morgan fingerprint density at radius 2 is 2.08 bits per heavy atom. The second-order valence-corrected chi connectivity index (χ2v) is 5.82. The molecule has 0 saturated carbocycles. The quantitative estimate of drug-likeness (QED) is 0.736. The van der Waals surface area contributed by atoms with Crippen LogP contribution in [-0.2, 0) is 9.53 Å². The molecule has 1 aliphatic heterocycles. The fraction of sp³-hybridized carbons (Fsp3) is 0.444. The molecule has 0 radical (unpaired) electrons. The highest BCUT2D eigenvalue weighted by Crippen LogP contribution is 2.28. The van der Waals surface area contributed by atoms with E-state index in [2.05, 4.69) is 10.6 Å². The van der Waals surface area contributed by atoms with Crippen LogP contribution in [0.4, 0.5) is 4.79 Å². The lowest BCUT2D eigenvalue weighted by Gasteiger charge is -2.30. The molecule has 1 aliphatic rings. The van der Waals surface area contributed by atoms with Gasteiger partial charge in [0.15, 0.2) is 0 Å². The minimum atomic E-state index is -0.414. The summed E-state index contributed by atoms with van der Waals surface area (Å²) in [7, 11) is 3.57. The molecule has 2 amide bonds. The molecule has 7 nitrogen and oxygen atoms in total. The molecule has 25 heavy (non-hydrogen) atoms. The molecule has 0 fully saturated rings. The van der Waals surface area contributed by atoms with Crippen LogP contribution >= 0.6 is 0 Å². The third kappa shape index (κ3) is 4.51. The van der Waals surface area contributed by atoms with Gasteiger partial charge in [-0.3, -0.25) is 4.90 Å². The van der Waals surface area contributed by atoms with Gasteiger partial charge >= 0.3 is 12.0 Å². The lowest BCUT2D eigenvalue weighted by atomic mass is 10.0. The summed E-state index contributed by atoms with van der Waals surface area (Å²) < 4.78 is 10.5. The molecule has 0 aliphatic carbocycles. The normalized spacial score (nSPS) is 15.5. The van der Waals surface area contributed by atoms with E-state index >= 15 is 0 Å². The Morgan fingerprint density at radius 1 is 1.36 bits per heavy atom. The fourth-order valence-electron chi connectivity index (χ4n) is 2.72. The number of urea groups is 1. The van der Waals surface area contributed by atoms with Crippen molar-refractivity contribution in [1.82, 2.24) is 15.5 Å². The van der Waals surface area contributed by atoms with E-state index < -0.39 is 5.97 Å². The Morgan fingerprint density at radius 3 is 2.76 bits per heavy atom. The number of nitrogens with one attached hydrogen (secondary N) is 2. The van der Waals surface area contributed by atoms with Crippen molar-refractivity contribution >= 4 is 12.0 Å². The number of nitrogens with zero attached hydrogens (tertiary/aromatic N) is 1. The third-order valence-corrected chi connectivity index (χ3v) is 4.23. The number of likely N-dealkylation sites (N-methyl/N-ethyl adjacent to an activating group) is 1. The van der Waals surface area contributed by atoms with E-state index in [0.29, 0.717) is 17.8 Å². The number of amides is 2. The topological polar surface area (TPSA) is 79.9 Å². The predicted octanol–water partition coefficient (Wildman–Crippen LogP) is 1.82. The summed E-state index contributed by atoms with van der Waals surface area (Å²) >= 11 is 0. The molecule has 1 aromatic carbocycles. The van der Waals surface area contributed by atoms with Crippen LogP contribution in [0.1, 0.15) is 25.5 Å². The molecule has 1 aromatic rings. The summed E-state index contributed by atoms with van der Waals surface area (Å²) in [5.74, 6) is 0.388. The van der Waals surface area contributed by atoms with Crippen molar-refractivity contribution in [2.24, 2.45) is 0 Å². The number of hydrogen-bond donors (Lipinski definition) is 2. The summed E-state index contributed by atoms with van der Waals surface area (Å²) in [6.45, 7) is 4.66. The predicted molar refractivity (Wildman–Crippen MR) is 94.2 cm³/mol. The number of rotatable bonds is 7. The van der Waals surface area contributed by atoms with Crippen molar-refractivity contribution in [2.75, 3.05) is 33.9 Å². The Hall–Kier alpha value is -2.54. The second kappa shape index (κ2) is 8.53. The van der Waals surface area contributed by atoms with Gasteiger partial charge in [0.05, 0.1) is 25.8 Å². The first-order chi connectivity index (χ1) is 12.0. The third-order valence-electron chi connectivity index (χ3n) is 4.23. The number of carbonyl (C=O) groups excluding carboxylic acids is 2. The van der Waals surface area contributed by atoms with Crippen molar-refractivity contribution in [3.8, 4) is 5.75 Å². The molecular formula is C18H25N3O4. The molecule has 2 N–H and O–H groups in total. The zero-order valence-corrected chi connectivity index (χ0v) is 15.1. The fourth-order valence-corrected chi connectivity index (χ4v) is 2.72. The summed E-state index contributed by atoms with van der Waals surface area (Å²) in [6, 6.07) is 7.50. The number of hydrogen-bond acceptors (Lipinski definition) is 5. The molecule has 0 unspecified atom stereocenters. The minimum absolute atomic E-state index is 0.0267. The van der Waals surface area contributed by atoms with Gasteiger partial charge in [0.1, 0.15) is 5.75 Å². The van der Waals surface area contributed by atoms with Crippen molar-refractivity contribution in [1.29, 1.82) is 0 Å². The average molecular weight is 347 g/mol. The zero-order chi connectivity index (χ0) is 18.4. The van der Waals surface area contributed by atoms with Gasteiger partial charge in [0.25, 0.3) is 0 Å². The number of carbonyl (C=O) groups is 2. The van der Waals surface area contributed by atoms with Crippen LogP contribution in [-0.4, -0.2) is 50.8 Å². The van der Waals surface area contributed by atoms with Crippen molar-refractivity contribution in [3.63, 3.8) is 0 Å². The molecule has 0 saturated heterocycles. The summed E-state index contributed by atoms with van der Waals surface area (Å²) in [6.07, 6.45) is 0. The highest BCUT2D eigenvalue weighted by Gasteiger charge is 2.26. The first-order valence-corrected chi connectivity index (χ1v) is 8.25. The lowest BCUT2D eigenvalue weighted by molar-refractivity contribution is -0.138. The van der Waals surface area contributed by atoms with Crippen molar-refractivity contribution in [2.45, 2.75) is 19.9 Å². The van der Waals surface area contributed by atoms with E-state index in [1.54, 1.807) is 14.0 Å². The molecule has 0 aromatic heterocycles. The summed E-state index contributed by atoms with van der Waals surface area (Å²) in [4.78, 5) is 25.8. The molecule has 7 heteroatoms. The van der Waals surface area contributed by atoms with Crippen LogP contribution in [0.15, 0.2) is 35.5 Å². The monoisotopic (exact) mass is 347 g/mol. The maximum atomic E-state index is 12.1. The van der Waals surface area contributed by atoms with Gasteiger partial charge in [-0.25, -0.2) is 9.59 Å². The smallest absolute Gasteiger partial charge is 0.337 e. The number of para-hydroxylation sites is 1. The Kier molecular flexibility index (Phi) is 6.41. The van der Waals surface area contributed by atoms with Crippen molar-refractivity contribution < 1.29 is 19.1 Å². The first kappa shape index (κ1) is 18.8. The van der Waals surface area contributed by atoms with Crippen molar-refractivity contribution in [3.05, 3.63) is 41.1 Å². The summed E-state index contributed by atoms with van der Waals surface area (Å²) in [5.41, 5.74) is 2.04. The van der Waals surface area contributed by atoms with Gasteiger partial charge in [-0.05, 0) is 27.0 Å². The molecule has 136 valence electrons. The van der Waals surface area contributed by atoms with Gasteiger partial charge < -0.3 is 20.1 Å². The summed E-state index contributed by atoms with van der Waals surface area (Å²) in [5, 5.41) is 5.33. The SMILES string of the molecule is CCOC(=O)C1=C(CN(C)[C@H](C)c2ccccc2OC)NC(=O)NC1. The molecule has 1 atom stereocenters. The molecular weight excluding hydrogens is 322 g/mol. The van der Waals surface area contributed by atoms with E-state index in [1.807, 2.05) is 43.1 Å². The molecule has 0 spiro atoms. The highest BCUT2D eigenvalue weighted by atomic mass is 16.5. The van der Waals surface area contributed by atoms with E-state index in [0.717, 1.165) is 11.3 Å². The second-order valence-electron chi connectivity index (χ2n) is 5.82. The largest absolute Gasteiger partial charge is 0.496 e. The Balaban J connectivity index is 2.21. The van der Waals surface area contributed by atoms with Gasteiger partial charge in [-0.2, -0.15) is 0 Å². The molecule has 1 heterocycles. The average Bonchev–Trinajstić information content (AvgIpc) is 2.61. The lowest BCUT2D eigenvalue weighted by Crippen LogP contribution is -2.46. The standard InChI is InChI=1S/C18H25N3O4/c1-5-25-17(22)14-10-19-18(23)20-15(14)11-21(3)12(2)13-8-6-7-9-16(13)24-4/h6-9,12H,5,10-11H2,1-4H3,(H2,19,20,23)/t12-/m1/s1. The van der Waals surface area contributed by atoms with E-state index in [4.69, 9.17) is 9.47 Å². The first-order valence-electron chi connectivity index (χ1n) is 8.25. The van der Waals surface area contributed by atoms with Gasteiger partial charge in [-0.15, -0.1) is 0 Å². The van der Waals surface area contributed by atoms with Crippen LogP contribution < -0.4 is 15.4 Å². The maximum absolute atomic E-state index is 12.1. The van der Waals surface area contributed by atoms with E-state index in [9.17, 15) is 9.59 Å². The van der Waals surface area contributed by atoms with Crippen LogP contribution in [0.3, 0.4) is 0 Å². The van der Waals surface area contributed by atoms with Gasteiger partial charge in [0, 0.05) is 23.8 Å². The molecule has 0 bridgehead atoms. The van der Waals surface area contributed by atoms with Gasteiger partial charge in [-0.1, -0.05) is 18.2 Å². The zero-order valence-electron chi connectivity index (χ0n) is 15.1. The maximum Gasteiger partial charge on any atom is 0.337 e.